The Morgan fingerprint density at radius 3 is 2.72 bits per heavy atom. The molecule has 0 aliphatic heterocycles. The smallest absolute Gasteiger partial charge is 0.341 e. The quantitative estimate of drug-likeness (QED) is 0.598. The molecule has 0 aromatic heterocycles. The summed E-state index contributed by atoms with van der Waals surface area (Å²) in [7, 11) is 1.28. The third-order valence-corrected chi connectivity index (χ3v) is 2.64. The molecule has 4 heteroatoms. The predicted octanol–water partition coefficient (Wildman–Crippen LogP) is 3.14. The zero-order valence-corrected chi connectivity index (χ0v) is 10.9. The maximum absolute atomic E-state index is 11.4. The van der Waals surface area contributed by atoms with E-state index in [0.29, 0.717) is 12.4 Å². The van der Waals surface area contributed by atoms with Gasteiger partial charge in [0.25, 0.3) is 0 Å². The van der Waals surface area contributed by atoms with Crippen LogP contribution in [0.2, 0.25) is 0 Å². The Hall–Kier alpha value is -1.71. The summed E-state index contributed by atoms with van der Waals surface area (Å²) in [6.45, 7) is 2.77. The summed E-state index contributed by atoms with van der Waals surface area (Å²) in [5.41, 5.74) is 0.128. The molecule has 0 radical (unpaired) electrons. The van der Waals surface area contributed by atoms with Gasteiger partial charge >= 0.3 is 5.97 Å². The molecule has 0 aliphatic rings. The third-order valence-electron chi connectivity index (χ3n) is 2.64. The van der Waals surface area contributed by atoms with Crippen LogP contribution >= 0.6 is 0 Å². The Kier molecular flexibility index (Phi) is 6.05. The Morgan fingerprint density at radius 1 is 1.28 bits per heavy atom. The molecule has 1 aromatic rings. The van der Waals surface area contributed by atoms with E-state index in [1.165, 1.54) is 32.1 Å². The summed E-state index contributed by atoms with van der Waals surface area (Å²) in [5.74, 6) is -0.0891. The van der Waals surface area contributed by atoms with Crippen molar-refractivity contribution in [3.63, 3.8) is 0 Å². The molecule has 1 aromatic carbocycles. The van der Waals surface area contributed by atoms with Crippen molar-refractivity contribution in [3.8, 4) is 11.5 Å². The normalized spacial score (nSPS) is 10.1. The fourth-order valence-electron chi connectivity index (χ4n) is 1.60. The molecule has 0 spiro atoms. The number of esters is 1. The Bertz CT molecular complexity index is 387. The van der Waals surface area contributed by atoms with Crippen LogP contribution in [0.4, 0.5) is 0 Å². The number of hydrogen-bond acceptors (Lipinski definition) is 4. The average molecular weight is 252 g/mol. The lowest BCUT2D eigenvalue weighted by atomic mass is 10.2. The van der Waals surface area contributed by atoms with Crippen LogP contribution in [-0.2, 0) is 4.74 Å². The number of unbranched alkanes of at least 4 members (excludes halogenated alkanes) is 3. The second-order valence-electron chi connectivity index (χ2n) is 4.08. The molecule has 4 nitrogen and oxygen atoms in total. The minimum atomic E-state index is -0.566. The van der Waals surface area contributed by atoms with Gasteiger partial charge in [-0.2, -0.15) is 0 Å². The van der Waals surface area contributed by atoms with Crippen molar-refractivity contribution in [1.82, 2.24) is 0 Å². The van der Waals surface area contributed by atoms with Crippen molar-refractivity contribution in [2.24, 2.45) is 0 Å². The van der Waals surface area contributed by atoms with Gasteiger partial charge in [0.1, 0.15) is 17.1 Å². The van der Waals surface area contributed by atoms with E-state index >= 15 is 0 Å². The number of carbonyl (C=O) groups is 1. The van der Waals surface area contributed by atoms with Crippen LogP contribution in [0.15, 0.2) is 18.2 Å². The Labute approximate surface area is 108 Å². The van der Waals surface area contributed by atoms with Crippen molar-refractivity contribution < 1.29 is 19.4 Å². The molecule has 0 bridgehead atoms. The molecule has 1 rings (SSSR count). The van der Waals surface area contributed by atoms with E-state index in [1.807, 2.05) is 0 Å². The van der Waals surface area contributed by atoms with E-state index in [0.717, 1.165) is 12.8 Å². The molecule has 0 saturated heterocycles. The van der Waals surface area contributed by atoms with Crippen molar-refractivity contribution in [3.05, 3.63) is 23.8 Å². The first-order valence-electron chi connectivity index (χ1n) is 6.23. The second-order valence-corrected chi connectivity index (χ2v) is 4.08. The standard InChI is InChI=1S/C14H20O4/c1-3-4-5-6-9-18-11-7-8-13(15)12(10-11)14(16)17-2/h7-8,10,15H,3-6,9H2,1-2H3. The molecule has 0 atom stereocenters. The molecule has 0 saturated carbocycles. The van der Waals surface area contributed by atoms with E-state index in [1.54, 1.807) is 6.07 Å². The lowest BCUT2D eigenvalue weighted by Crippen LogP contribution is -2.03. The number of hydrogen-bond donors (Lipinski definition) is 1. The van der Waals surface area contributed by atoms with Gasteiger partial charge in [-0.3, -0.25) is 0 Å². The van der Waals surface area contributed by atoms with Crippen molar-refractivity contribution in [1.29, 1.82) is 0 Å². The molecule has 0 heterocycles. The van der Waals surface area contributed by atoms with Gasteiger partial charge in [0.15, 0.2) is 0 Å². The molecule has 0 amide bonds. The summed E-state index contributed by atoms with van der Waals surface area (Å²) in [6, 6.07) is 4.58. The highest BCUT2D eigenvalue weighted by atomic mass is 16.5. The summed E-state index contributed by atoms with van der Waals surface area (Å²) >= 11 is 0. The lowest BCUT2D eigenvalue weighted by Gasteiger charge is -2.08. The number of ether oxygens (including phenoxy) is 2. The first-order valence-corrected chi connectivity index (χ1v) is 6.23. The highest BCUT2D eigenvalue weighted by Gasteiger charge is 2.12. The van der Waals surface area contributed by atoms with Crippen LogP contribution in [0.25, 0.3) is 0 Å². The van der Waals surface area contributed by atoms with Crippen molar-refractivity contribution in [2.75, 3.05) is 13.7 Å². The highest BCUT2D eigenvalue weighted by Crippen LogP contribution is 2.23. The van der Waals surface area contributed by atoms with E-state index < -0.39 is 5.97 Å². The average Bonchev–Trinajstić information content (AvgIpc) is 2.39. The lowest BCUT2D eigenvalue weighted by molar-refractivity contribution is 0.0597. The molecule has 0 aliphatic carbocycles. The third kappa shape index (κ3) is 4.28. The zero-order chi connectivity index (χ0) is 13.4. The van der Waals surface area contributed by atoms with Gasteiger partial charge in [0.05, 0.1) is 13.7 Å². The van der Waals surface area contributed by atoms with Crippen LogP contribution in [-0.4, -0.2) is 24.8 Å². The Balaban J connectivity index is 2.54. The predicted molar refractivity (Wildman–Crippen MR) is 69.1 cm³/mol. The SMILES string of the molecule is CCCCCCOc1ccc(O)c(C(=O)OC)c1. The van der Waals surface area contributed by atoms with Gasteiger partial charge in [-0.1, -0.05) is 26.2 Å². The number of phenolic OH excluding ortho intramolecular Hbond substituents is 1. The maximum Gasteiger partial charge on any atom is 0.341 e. The topological polar surface area (TPSA) is 55.8 Å². The van der Waals surface area contributed by atoms with Gasteiger partial charge < -0.3 is 14.6 Å². The molecule has 100 valence electrons. The molecular weight excluding hydrogens is 232 g/mol. The summed E-state index contributed by atoms with van der Waals surface area (Å²) in [4.78, 5) is 11.4. The second kappa shape index (κ2) is 7.58. The fraction of sp³-hybridized carbons (Fsp3) is 0.500. The van der Waals surface area contributed by atoms with Crippen LogP contribution in [0.1, 0.15) is 43.0 Å². The summed E-state index contributed by atoms with van der Waals surface area (Å²) in [5, 5.41) is 9.52. The first-order chi connectivity index (χ1) is 8.69. The van der Waals surface area contributed by atoms with Gasteiger partial charge in [-0.05, 0) is 24.6 Å². The summed E-state index contributed by atoms with van der Waals surface area (Å²) < 4.78 is 10.1. The first kappa shape index (κ1) is 14.4. The minimum Gasteiger partial charge on any atom is -0.507 e. The Morgan fingerprint density at radius 2 is 2.06 bits per heavy atom. The van der Waals surface area contributed by atoms with Crippen LogP contribution in [0.5, 0.6) is 11.5 Å². The molecule has 0 unspecified atom stereocenters. The number of benzene rings is 1. The monoisotopic (exact) mass is 252 g/mol. The highest BCUT2D eigenvalue weighted by molar-refractivity contribution is 5.92. The number of carbonyl (C=O) groups excluding carboxylic acids is 1. The van der Waals surface area contributed by atoms with Crippen LogP contribution < -0.4 is 4.74 Å². The van der Waals surface area contributed by atoms with E-state index in [4.69, 9.17) is 4.74 Å². The van der Waals surface area contributed by atoms with E-state index in [2.05, 4.69) is 11.7 Å². The van der Waals surface area contributed by atoms with Gasteiger partial charge in [-0.25, -0.2) is 4.79 Å². The van der Waals surface area contributed by atoms with E-state index in [9.17, 15) is 9.90 Å². The minimum absolute atomic E-state index is 0.0971. The number of rotatable bonds is 7. The molecule has 1 N–H and O–H groups in total. The van der Waals surface area contributed by atoms with Crippen LogP contribution in [0.3, 0.4) is 0 Å². The van der Waals surface area contributed by atoms with Gasteiger partial charge in [0, 0.05) is 0 Å². The zero-order valence-electron chi connectivity index (χ0n) is 10.9. The largest absolute Gasteiger partial charge is 0.507 e. The number of phenols is 1. The van der Waals surface area contributed by atoms with E-state index in [-0.39, 0.29) is 11.3 Å². The number of aromatic hydroxyl groups is 1. The summed E-state index contributed by atoms with van der Waals surface area (Å²) in [6.07, 6.45) is 4.51. The molecular formula is C14H20O4. The molecule has 18 heavy (non-hydrogen) atoms. The van der Waals surface area contributed by atoms with Gasteiger partial charge in [0.2, 0.25) is 0 Å². The molecule has 0 fully saturated rings. The van der Waals surface area contributed by atoms with Crippen molar-refractivity contribution in [2.45, 2.75) is 32.6 Å². The van der Waals surface area contributed by atoms with Crippen LogP contribution in [0, 0.1) is 0 Å². The maximum atomic E-state index is 11.4. The van der Waals surface area contributed by atoms with Gasteiger partial charge in [-0.15, -0.1) is 0 Å². The fourth-order valence-corrected chi connectivity index (χ4v) is 1.60. The van der Waals surface area contributed by atoms with Crippen molar-refractivity contribution >= 4 is 5.97 Å². The number of methoxy groups -OCH3 is 1.